The molecule has 8 heteroatoms. The first-order chi connectivity index (χ1) is 8.21. The maximum atomic E-state index is 5.59. The number of hydrogen-bond donors (Lipinski definition) is 0. The lowest BCUT2D eigenvalue weighted by atomic mass is 10.4. The largest absolute Gasteiger partial charge is 0.354 e. The number of hydrogen-bond acceptors (Lipinski definition) is 6. The van der Waals surface area contributed by atoms with Gasteiger partial charge in [0.2, 0.25) is 5.16 Å². The van der Waals surface area contributed by atoms with E-state index in [2.05, 4.69) is 15.5 Å². The Morgan fingerprint density at radius 1 is 1.53 bits per heavy atom. The molecule has 0 aromatic carbocycles. The van der Waals surface area contributed by atoms with Crippen LogP contribution in [0, 0.1) is 0 Å². The Bertz CT molecular complexity index is 368. The molecular weight excluding hydrogens is 264 g/mol. The highest BCUT2D eigenvalue weighted by Gasteiger charge is 2.12. The summed E-state index contributed by atoms with van der Waals surface area (Å²) in [7, 11) is 3.15. The molecule has 0 atom stereocenters. The van der Waals surface area contributed by atoms with Crippen LogP contribution in [0.1, 0.15) is 6.92 Å². The fraction of sp³-hybridized carbons (Fsp3) is 0.667. The van der Waals surface area contributed by atoms with E-state index in [0.29, 0.717) is 11.7 Å². The van der Waals surface area contributed by atoms with Gasteiger partial charge < -0.3 is 9.47 Å². The molecular formula is C9H15ClN4O2S. The lowest BCUT2D eigenvalue weighted by Crippen LogP contribution is -2.21. The van der Waals surface area contributed by atoms with Gasteiger partial charge in [-0.15, -0.1) is 5.10 Å². The van der Waals surface area contributed by atoms with E-state index < -0.39 is 0 Å². The van der Waals surface area contributed by atoms with Crippen molar-refractivity contribution in [1.82, 2.24) is 20.2 Å². The molecule has 0 aliphatic carbocycles. The number of tetrazole rings is 1. The molecule has 1 rings (SSSR count). The Labute approximate surface area is 109 Å². The SMILES string of the molecule is COC(Cn1nnnc1SCC(C)=CCl)OC. The van der Waals surface area contributed by atoms with E-state index in [9.17, 15) is 0 Å². The van der Waals surface area contributed by atoms with Crippen LogP contribution in [-0.4, -0.2) is 46.5 Å². The summed E-state index contributed by atoms with van der Waals surface area (Å²) in [5, 5.41) is 12.1. The Morgan fingerprint density at radius 3 is 2.82 bits per heavy atom. The Hall–Kier alpha value is -0.630. The lowest BCUT2D eigenvalue weighted by molar-refractivity contribution is -0.113. The van der Waals surface area contributed by atoms with Crippen molar-refractivity contribution in [3.63, 3.8) is 0 Å². The van der Waals surface area contributed by atoms with Crippen molar-refractivity contribution in [2.24, 2.45) is 0 Å². The normalized spacial score (nSPS) is 12.4. The maximum absolute atomic E-state index is 5.59. The Morgan fingerprint density at radius 2 is 2.24 bits per heavy atom. The van der Waals surface area contributed by atoms with Crippen molar-refractivity contribution < 1.29 is 9.47 Å². The van der Waals surface area contributed by atoms with Crippen molar-refractivity contribution in [3.05, 3.63) is 11.1 Å². The van der Waals surface area contributed by atoms with Crippen LogP contribution in [0.4, 0.5) is 0 Å². The summed E-state index contributed by atoms with van der Waals surface area (Å²) in [6.07, 6.45) is -0.359. The molecule has 0 bridgehead atoms. The highest BCUT2D eigenvalue weighted by atomic mass is 35.5. The Balaban J connectivity index is 2.59. The molecule has 0 amide bonds. The number of nitrogens with zero attached hydrogens (tertiary/aromatic N) is 4. The molecule has 0 aliphatic heterocycles. The molecule has 0 unspecified atom stereocenters. The number of aromatic nitrogens is 4. The van der Waals surface area contributed by atoms with Gasteiger partial charge in [0.25, 0.3) is 0 Å². The van der Waals surface area contributed by atoms with Crippen LogP contribution in [-0.2, 0) is 16.0 Å². The number of rotatable bonds is 7. The van der Waals surface area contributed by atoms with Gasteiger partial charge in [-0.05, 0) is 17.4 Å². The van der Waals surface area contributed by atoms with Crippen LogP contribution < -0.4 is 0 Å². The molecule has 1 heterocycles. The summed E-state index contributed by atoms with van der Waals surface area (Å²) in [5.41, 5.74) is 2.61. The zero-order chi connectivity index (χ0) is 12.7. The van der Waals surface area contributed by atoms with Crippen molar-refractivity contribution in [2.75, 3.05) is 20.0 Å². The summed E-state index contributed by atoms with van der Waals surface area (Å²) < 4.78 is 11.8. The van der Waals surface area contributed by atoms with Crippen molar-refractivity contribution in [2.45, 2.75) is 24.9 Å². The molecule has 6 nitrogen and oxygen atoms in total. The monoisotopic (exact) mass is 278 g/mol. The number of halogens is 1. The first-order valence-electron chi connectivity index (χ1n) is 4.91. The smallest absolute Gasteiger partial charge is 0.209 e. The first kappa shape index (κ1) is 14.4. The van der Waals surface area contributed by atoms with Crippen molar-refractivity contribution in [1.29, 1.82) is 0 Å². The van der Waals surface area contributed by atoms with Crippen molar-refractivity contribution in [3.8, 4) is 0 Å². The first-order valence-corrected chi connectivity index (χ1v) is 6.33. The minimum Gasteiger partial charge on any atom is -0.354 e. The van der Waals surface area contributed by atoms with E-state index in [1.54, 1.807) is 24.4 Å². The fourth-order valence-corrected chi connectivity index (χ4v) is 1.97. The fourth-order valence-electron chi connectivity index (χ4n) is 1.01. The lowest BCUT2D eigenvalue weighted by Gasteiger charge is -2.13. The molecule has 0 N–H and O–H groups in total. The molecule has 1 aromatic rings. The third kappa shape index (κ3) is 4.63. The summed E-state index contributed by atoms with van der Waals surface area (Å²) in [6.45, 7) is 2.40. The Kier molecular flexibility index (Phi) is 6.49. The van der Waals surface area contributed by atoms with Crippen LogP contribution >= 0.6 is 23.4 Å². The van der Waals surface area contributed by atoms with Gasteiger partial charge in [-0.1, -0.05) is 28.9 Å². The molecule has 0 radical (unpaired) electrons. The van der Waals surface area contributed by atoms with Crippen LogP contribution in [0.2, 0.25) is 0 Å². The van der Waals surface area contributed by atoms with Gasteiger partial charge in [-0.2, -0.15) is 0 Å². The predicted octanol–water partition coefficient (Wildman–Crippen LogP) is 1.53. The van der Waals surface area contributed by atoms with Gasteiger partial charge in [0.05, 0.1) is 6.54 Å². The minimum absolute atomic E-state index is 0.359. The van der Waals surface area contributed by atoms with Crippen LogP contribution in [0.5, 0.6) is 0 Å². The second-order valence-corrected chi connectivity index (χ2v) is 4.45. The van der Waals surface area contributed by atoms with Gasteiger partial charge in [-0.25, -0.2) is 4.68 Å². The number of methoxy groups -OCH3 is 2. The summed E-state index contributed by atoms with van der Waals surface area (Å²) in [6, 6.07) is 0. The average molecular weight is 279 g/mol. The van der Waals surface area contributed by atoms with E-state index in [4.69, 9.17) is 21.1 Å². The van der Waals surface area contributed by atoms with E-state index in [0.717, 1.165) is 11.3 Å². The maximum Gasteiger partial charge on any atom is 0.209 e. The molecule has 0 saturated carbocycles. The third-order valence-electron chi connectivity index (χ3n) is 1.96. The number of ether oxygens (including phenoxy) is 2. The average Bonchev–Trinajstić information content (AvgIpc) is 2.80. The van der Waals surface area contributed by atoms with E-state index in [1.807, 2.05) is 6.92 Å². The second-order valence-electron chi connectivity index (χ2n) is 3.29. The van der Waals surface area contributed by atoms with Crippen LogP contribution in [0.3, 0.4) is 0 Å². The summed E-state index contributed by atoms with van der Waals surface area (Å²) >= 11 is 7.10. The van der Waals surface area contributed by atoms with Gasteiger partial charge in [-0.3, -0.25) is 0 Å². The van der Waals surface area contributed by atoms with Gasteiger partial charge >= 0.3 is 0 Å². The standard InChI is InChI=1S/C9H15ClN4O2S/c1-7(4-10)6-17-9-11-12-13-14(9)5-8(15-2)16-3/h4,8H,5-6H2,1-3H3. The van der Waals surface area contributed by atoms with E-state index in [1.165, 1.54) is 11.8 Å². The molecule has 96 valence electrons. The molecule has 0 fully saturated rings. The minimum atomic E-state index is -0.359. The molecule has 0 aliphatic rings. The summed E-state index contributed by atoms with van der Waals surface area (Å²) in [5.74, 6) is 0.745. The van der Waals surface area contributed by atoms with Gasteiger partial charge in [0, 0.05) is 25.5 Å². The zero-order valence-electron chi connectivity index (χ0n) is 9.96. The van der Waals surface area contributed by atoms with E-state index >= 15 is 0 Å². The van der Waals surface area contributed by atoms with Crippen LogP contribution in [0.15, 0.2) is 16.3 Å². The van der Waals surface area contributed by atoms with E-state index in [-0.39, 0.29) is 6.29 Å². The highest BCUT2D eigenvalue weighted by Crippen LogP contribution is 2.17. The molecule has 1 aromatic heterocycles. The zero-order valence-corrected chi connectivity index (χ0v) is 11.5. The van der Waals surface area contributed by atoms with Gasteiger partial charge in [0.15, 0.2) is 6.29 Å². The molecule has 17 heavy (non-hydrogen) atoms. The predicted molar refractivity (Wildman–Crippen MR) is 66.0 cm³/mol. The molecule has 0 saturated heterocycles. The summed E-state index contributed by atoms with van der Waals surface area (Å²) in [4.78, 5) is 0. The van der Waals surface area contributed by atoms with Gasteiger partial charge in [0.1, 0.15) is 0 Å². The topological polar surface area (TPSA) is 62.1 Å². The quantitative estimate of drug-likeness (QED) is 0.557. The molecule has 0 spiro atoms. The van der Waals surface area contributed by atoms with Crippen molar-refractivity contribution >= 4 is 23.4 Å². The second kappa shape index (κ2) is 7.65. The number of thioether (sulfide) groups is 1. The third-order valence-corrected chi connectivity index (χ3v) is 3.48. The van der Waals surface area contributed by atoms with Crippen LogP contribution in [0.25, 0.3) is 0 Å². The highest BCUT2D eigenvalue weighted by molar-refractivity contribution is 7.99.